The summed E-state index contributed by atoms with van der Waals surface area (Å²) in [6, 6.07) is 12.5. The molecule has 0 aliphatic heterocycles. The van der Waals surface area contributed by atoms with Crippen LogP contribution >= 0.6 is 0 Å². The summed E-state index contributed by atoms with van der Waals surface area (Å²) in [7, 11) is 0. The molecule has 0 heterocycles. The molecule has 0 radical (unpaired) electrons. The number of hydrogen-bond donors (Lipinski definition) is 0. The largest absolute Gasteiger partial charge is 0.489 e. The van der Waals surface area contributed by atoms with Crippen LogP contribution in [0.5, 0.6) is 5.75 Å². The summed E-state index contributed by atoms with van der Waals surface area (Å²) in [5.74, 6) is 0.947. The summed E-state index contributed by atoms with van der Waals surface area (Å²) in [5, 5.41) is 2.34. The van der Waals surface area contributed by atoms with Crippen LogP contribution in [0.3, 0.4) is 0 Å². The molecule has 0 N–H and O–H groups in total. The molecular formula is C16H16O. The van der Waals surface area contributed by atoms with Crippen LogP contribution in [0.2, 0.25) is 0 Å². The molecule has 2 aromatic rings. The number of rotatable bonds is 5. The molecular weight excluding hydrogens is 208 g/mol. The van der Waals surface area contributed by atoms with Gasteiger partial charge in [0.05, 0.1) is 0 Å². The standard InChI is InChI=1S/C16H16O/c1-3-7-14-11-10-13-8-5-6-9-15(13)16(14)17-12-4-2/h3-6,8-11H,1-2,7,12H2. The molecule has 1 nitrogen and oxygen atoms in total. The second kappa shape index (κ2) is 5.35. The fourth-order valence-corrected chi connectivity index (χ4v) is 1.92. The van der Waals surface area contributed by atoms with Crippen LogP contribution in [-0.4, -0.2) is 6.61 Å². The van der Waals surface area contributed by atoms with Crippen molar-refractivity contribution in [3.8, 4) is 5.75 Å². The van der Waals surface area contributed by atoms with Crippen LogP contribution in [-0.2, 0) is 6.42 Å². The van der Waals surface area contributed by atoms with Gasteiger partial charge in [0.25, 0.3) is 0 Å². The number of benzene rings is 2. The van der Waals surface area contributed by atoms with Crippen molar-refractivity contribution in [2.75, 3.05) is 6.61 Å². The van der Waals surface area contributed by atoms with E-state index in [9.17, 15) is 0 Å². The van der Waals surface area contributed by atoms with Crippen molar-refractivity contribution in [2.24, 2.45) is 0 Å². The normalized spacial score (nSPS) is 10.1. The third-order valence-electron chi connectivity index (χ3n) is 2.67. The third-order valence-corrected chi connectivity index (χ3v) is 2.67. The summed E-state index contributed by atoms with van der Waals surface area (Å²) in [5.41, 5.74) is 1.17. The van der Waals surface area contributed by atoms with E-state index in [1.165, 1.54) is 10.9 Å². The summed E-state index contributed by atoms with van der Waals surface area (Å²) >= 11 is 0. The lowest BCUT2D eigenvalue weighted by Crippen LogP contribution is -1.98. The average Bonchev–Trinajstić information content (AvgIpc) is 2.37. The van der Waals surface area contributed by atoms with Crippen molar-refractivity contribution in [1.82, 2.24) is 0 Å². The summed E-state index contributed by atoms with van der Waals surface area (Å²) in [6.07, 6.45) is 4.47. The number of allylic oxidation sites excluding steroid dienone is 1. The van der Waals surface area contributed by atoms with Gasteiger partial charge in [-0.25, -0.2) is 0 Å². The lowest BCUT2D eigenvalue weighted by atomic mass is 10.0. The lowest BCUT2D eigenvalue weighted by Gasteiger charge is -2.12. The van der Waals surface area contributed by atoms with Crippen molar-refractivity contribution in [3.05, 3.63) is 67.3 Å². The molecule has 0 aliphatic rings. The first-order valence-corrected chi connectivity index (χ1v) is 5.72. The predicted molar refractivity (Wildman–Crippen MR) is 73.5 cm³/mol. The molecule has 1 heteroatoms. The molecule has 0 atom stereocenters. The zero-order valence-corrected chi connectivity index (χ0v) is 9.86. The topological polar surface area (TPSA) is 9.23 Å². The Labute approximate surface area is 102 Å². The Morgan fingerprint density at radius 2 is 1.82 bits per heavy atom. The average molecular weight is 224 g/mol. The smallest absolute Gasteiger partial charge is 0.131 e. The van der Waals surface area contributed by atoms with Crippen molar-refractivity contribution in [3.63, 3.8) is 0 Å². The van der Waals surface area contributed by atoms with Crippen LogP contribution in [0.25, 0.3) is 10.8 Å². The van der Waals surface area contributed by atoms with Gasteiger partial charge in [0, 0.05) is 5.39 Å². The molecule has 0 saturated heterocycles. The summed E-state index contributed by atoms with van der Waals surface area (Å²) < 4.78 is 5.79. The Hall–Kier alpha value is -2.02. The first-order valence-electron chi connectivity index (χ1n) is 5.72. The summed E-state index contributed by atoms with van der Waals surface area (Å²) in [6.45, 7) is 7.99. The van der Waals surface area contributed by atoms with Gasteiger partial charge in [-0.1, -0.05) is 55.1 Å². The van der Waals surface area contributed by atoms with Gasteiger partial charge in [-0.15, -0.1) is 6.58 Å². The Bertz CT molecular complexity index is 540. The monoisotopic (exact) mass is 224 g/mol. The van der Waals surface area contributed by atoms with Crippen LogP contribution < -0.4 is 4.74 Å². The van der Waals surface area contributed by atoms with Gasteiger partial charge in [0.15, 0.2) is 0 Å². The molecule has 0 aromatic heterocycles. The van der Waals surface area contributed by atoms with Crippen LogP contribution in [0.15, 0.2) is 61.7 Å². The minimum atomic E-state index is 0.526. The van der Waals surface area contributed by atoms with Crippen molar-refractivity contribution in [2.45, 2.75) is 6.42 Å². The van der Waals surface area contributed by atoms with E-state index >= 15 is 0 Å². The fourth-order valence-electron chi connectivity index (χ4n) is 1.92. The molecule has 0 bridgehead atoms. The molecule has 86 valence electrons. The first kappa shape index (κ1) is 11.5. The highest BCUT2D eigenvalue weighted by Crippen LogP contribution is 2.30. The maximum absolute atomic E-state index is 5.79. The van der Waals surface area contributed by atoms with Crippen LogP contribution in [0, 0.1) is 0 Å². The van der Waals surface area contributed by atoms with Gasteiger partial charge in [0.1, 0.15) is 12.4 Å². The second-order valence-corrected chi connectivity index (χ2v) is 3.87. The number of hydrogen-bond acceptors (Lipinski definition) is 1. The highest BCUT2D eigenvalue weighted by Gasteiger charge is 2.07. The Balaban J connectivity index is 2.56. The van der Waals surface area contributed by atoms with Gasteiger partial charge in [-0.3, -0.25) is 0 Å². The molecule has 0 aliphatic carbocycles. The van der Waals surface area contributed by atoms with E-state index in [-0.39, 0.29) is 0 Å². The molecule has 0 amide bonds. The third kappa shape index (κ3) is 2.39. The Kier molecular flexibility index (Phi) is 3.61. The number of ether oxygens (including phenoxy) is 1. The molecule has 0 saturated carbocycles. The Morgan fingerprint density at radius 1 is 1.00 bits per heavy atom. The highest BCUT2D eigenvalue weighted by atomic mass is 16.5. The molecule has 2 aromatic carbocycles. The maximum atomic E-state index is 5.79. The van der Waals surface area contributed by atoms with E-state index in [0.29, 0.717) is 6.61 Å². The molecule has 0 fully saturated rings. The number of fused-ring (bicyclic) bond motifs is 1. The quantitative estimate of drug-likeness (QED) is 0.694. The van der Waals surface area contributed by atoms with E-state index < -0.39 is 0 Å². The zero-order chi connectivity index (χ0) is 12.1. The first-order chi connectivity index (χ1) is 8.36. The highest BCUT2D eigenvalue weighted by molar-refractivity contribution is 5.89. The molecule has 0 unspecified atom stereocenters. The second-order valence-electron chi connectivity index (χ2n) is 3.87. The van der Waals surface area contributed by atoms with E-state index in [2.05, 4.69) is 37.4 Å². The SMILES string of the molecule is C=CCOc1c(CC=C)ccc2ccccc12. The van der Waals surface area contributed by atoms with E-state index in [0.717, 1.165) is 17.6 Å². The molecule has 17 heavy (non-hydrogen) atoms. The van der Waals surface area contributed by atoms with E-state index in [4.69, 9.17) is 4.74 Å². The zero-order valence-electron chi connectivity index (χ0n) is 9.86. The van der Waals surface area contributed by atoms with Gasteiger partial charge in [0.2, 0.25) is 0 Å². The van der Waals surface area contributed by atoms with Crippen molar-refractivity contribution < 1.29 is 4.74 Å². The fraction of sp³-hybridized carbons (Fsp3) is 0.125. The Morgan fingerprint density at radius 3 is 2.59 bits per heavy atom. The summed E-state index contributed by atoms with van der Waals surface area (Å²) in [4.78, 5) is 0. The lowest BCUT2D eigenvalue weighted by molar-refractivity contribution is 0.364. The molecule has 0 spiro atoms. The van der Waals surface area contributed by atoms with Crippen LogP contribution in [0.1, 0.15) is 5.56 Å². The van der Waals surface area contributed by atoms with Gasteiger partial charge in [-0.05, 0) is 17.4 Å². The minimum Gasteiger partial charge on any atom is -0.489 e. The van der Waals surface area contributed by atoms with Gasteiger partial charge >= 0.3 is 0 Å². The van der Waals surface area contributed by atoms with E-state index in [1.54, 1.807) is 6.08 Å². The van der Waals surface area contributed by atoms with Crippen molar-refractivity contribution >= 4 is 10.8 Å². The van der Waals surface area contributed by atoms with Gasteiger partial charge in [-0.2, -0.15) is 0 Å². The molecule has 2 rings (SSSR count). The maximum Gasteiger partial charge on any atom is 0.131 e. The van der Waals surface area contributed by atoms with E-state index in [1.807, 2.05) is 18.2 Å². The van der Waals surface area contributed by atoms with Gasteiger partial charge < -0.3 is 4.74 Å². The van der Waals surface area contributed by atoms with Crippen LogP contribution in [0.4, 0.5) is 0 Å². The predicted octanol–water partition coefficient (Wildman–Crippen LogP) is 4.13. The van der Waals surface area contributed by atoms with Crippen molar-refractivity contribution in [1.29, 1.82) is 0 Å². The minimum absolute atomic E-state index is 0.526.